The first-order valence-corrected chi connectivity index (χ1v) is 9.28. The molecule has 0 amide bonds. The number of hydrogen-bond acceptors (Lipinski definition) is 4. The molecular formula is C18H40N2O2. The van der Waals surface area contributed by atoms with Gasteiger partial charge in [0.2, 0.25) is 0 Å². The predicted molar refractivity (Wildman–Crippen MR) is 95.7 cm³/mol. The normalized spacial score (nSPS) is 16.6. The van der Waals surface area contributed by atoms with Gasteiger partial charge in [-0.2, -0.15) is 0 Å². The largest absolute Gasteiger partial charge is 0.380 e. The number of ether oxygens (including phenoxy) is 2. The van der Waals surface area contributed by atoms with Gasteiger partial charge in [-0.15, -0.1) is 0 Å². The monoisotopic (exact) mass is 316 g/mol. The third-order valence-electron chi connectivity index (χ3n) is 3.78. The standard InChI is InChI=1S/C16H34N2O2.C2H6/c1-16(2)20-14-7-5-4-6-13-19-15-12-18-10-8-17(3)9-11-18;1-2/h16H,4-15H2,1-3H3;1-2H3. The third kappa shape index (κ3) is 13.5. The zero-order valence-corrected chi connectivity index (χ0v) is 15.8. The maximum Gasteiger partial charge on any atom is 0.0593 e. The van der Waals surface area contributed by atoms with Crippen LogP contribution in [0.15, 0.2) is 0 Å². The lowest BCUT2D eigenvalue weighted by molar-refractivity contribution is 0.0719. The molecule has 4 nitrogen and oxygen atoms in total. The zero-order valence-electron chi connectivity index (χ0n) is 15.8. The topological polar surface area (TPSA) is 24.9 Å². The van der Waals surface area contributed by atoms with E-state index in [2.05, 4.69) is 30.7 Å². The summed E-state index contributed by atoms with van der Waals surface area (Å²) in [6.45, 7) is 16.8. The van der Waals surface area contributed by atoms with E-state index >= 15 is 0 Å². The average molecular weight is 317 g/mol. The van der Waals surface area contributed by atoms with Crippen LogP contribution in [0.4, 0.5) is 0 Å². The minimum Gasteiger partial charge on any atom is -0.380 e. The van der Waals surface area contributed by atoms with Crippen LogP contribution in [0.25, 0.3) is 0 Å². The van der Waals surface area contributed by atoms with Gasteiger partial charge in [-0.25, -0.2) is 0 Å². The lowest BCUT2D eigenvalue weighted by Crippen LogP contribution is -2.45. The molecule has 0 bridgehead atoms. The lowest BCUT2D eigenvalue weighted by atomic mass is 10.2. The Balaban J connectivity index is 0.00000211. The highest BCUT2D eigenvalue weighted by Crippen LogP contribution is 2.02. The Morgan fingerprint density at radius 3 is 2.00 bits per heavy atom. The molecule has 134 valence electrons. The quantitative estimate of drug-likeness (QED) is 0.546. The van der Waals surface area contributed by atoms with Crippen molar-refractivity contribution in [2.75, 3.05) is 59.6 Å². The van der Waals surface area contributed by atoms with Crippen LogP contribution in [-0.4, -0.2) is 75.5 Å². The predicted octanol–water partition coefficient (Wildman–Crippen LogP) is 3.26. The summed E-state index contributed by atoms with van der Waals surface area (Å²) in [5.74, 6) is 0. The summed E-state index contributed by atoms with van der Waals surface area (Å²) in [6, 6.07) is 0. The Bertz CT molecular complexity index is 217. The average Bonchev–Trinajstić information content (AvgIpc) is 2.52. The Kier molecular flexibility index (Phi) is 15.6. The fraction of sp³-hybridized carbons (Fsp3) is 1.00. The fourth-order valence-corrected chi connectivity index (χ4v) is 2.35. The number of likely N-dealkylation sites (N-methyl/N-ethyl adjacent to an activating group) is 1. The Morgan fingerprint density at radius 2 is 1.41 bits per heavy atom. The van der Waals surface area contributed by atoms with E-state index in [4.69, 9.17) is 9.47 Å². The summed E-state index contributed by atoms with van der Waals surface area (Å²) < 4.78 is 11.2. The first-order valence-electron chi connectivity index (χ1n) is 9.28. The molecule has 0 aromatic heterocycles. The molecule has 0 unspecified atom stereocenters. The van der Waals surface area contributed by atoms with Crippen LogP contribution in [-0.2, 0) is 9.47 Å². The summed E-state index contributed by atoms with van der Waals surface area (Å²) in [5.41, 5.74) is 0. The smallest absolute Gasteiger partial charge is 0.0593 e. The number of rotatable bonds is 11. The van der Waals surface area contributed by atoms with Crippen LogP contribution in [0.5, 0.6) is 0 Å². The van der Waals surface area contributed by atoms with Gasteiger partial charge in [0.25, 0.3) is 0 Å². The van der Waals surface area contributed by atoms with Gasteiger partial charge in [-0.1, -0.05) is 26.7 Å². The summed E-state index contributed by atoms with van der Waals surface area (Å²) in [7, 11) is 2.19. The van der Waals surface area contributed by atoms with Crippen molar-refractivity contribution < 1.29 is 9.47 Å². The minimum atomic E-state index is 0.368. The highest BCUT2D eigenvalue weighted by Gasteiger charge is 2.12. The van der Waals surface area contributed by atoms with E-state index in [0.717, 1.165) is 26.4 Å². The second kappa shape index (κ2) is 15.7. The van der Waals surface area contributed by atoms with Gasteiger partial charge >= 0.3 is 0 Å². The molecule has 0 N–H and O–H groups in total. The number of nitrogens with zero attached hydrogens (tertiary/aromatic N) is 2. The van der Waals surface area contributed by atoms with Crippen molar-refractivity contribution >= 4 is 0 Å². The van der Waals surface area contributed by atoms with Crippen LogP contribution in [0, 0.1) is 0 Å². The molecule has 1 fully saturated rings. The van der Waals surface area contributed by atoms with Crippen molar-refractivity contribution in [3.05, 3.63) is 0 Å². The number of hydrogen-bond donors (Lipinski definition) is 0. The van der Waals surface area contributed by atoms with E-state index in [0.29, 0.717) is 6.10 Å². The molecule has 1 heterocycles. The van der Waals surface area contributed by atoms with Gasteiger partial charge in [-0.05, 0) is 33.7 Å². The Hall–Kier alpha value is -0.160. The number of unbranched alkanes of at least 4 members (excludes halogenated alkanes) is 3. The van der Waals surface area contributed by atoms with Crippen molar-refractivity contribution in [2.45, 2.75) is 59.5 Å². The van der Waals surface area contributed by atoms with Crippen LogP contribution in [0.2, 0.25) is 0 Å². The summed E-state index contributed by atoms with van der Waals surface area (Å²) in [5, 5.41) is 0. The van der Waals surface area contributed by atoms with Gasteiger partial charge < -0.3 is 14.4 Å². The van der Waals surface area contributed by atoms with E-state index in [-0.39, 0.29) is 0 Å². The lowest BCUT2D eigenvalue weighted by Gasteiger charge is -2.32. The summed E-state index contributed by atoms with van der Waals surface area (Å²) in [4.78, 5) is 4.89. The van der Waals surface area contributed by atoms with Crippen molar-refractivity contribution in [3.63, 3.8) is 0 Å². The molecular weight excluding hydrogens is 276 g/mol. The molecule has 0 saturated carbocycles. The van der Waals surface area contributed by atoms with Crippen LogP contribution < -0.4 is 0 Å². The molecule has 0 radical (unpaired) electrons. The van der Waals surface area contributed by atoms with Gasteiger partial charge in [0, 0.05) is 45.9 Å². The number of piperazine rings is 1. The van der Waals surface area contributed by atoms with Crippen LogP contribution in [0.1, 0.15) is 53.4 Å². The Morgan fingerprint density at radius 1 is 0.818 bits per heavy atom. The molecule has 1 aliphatic heterocycles. The van der Waals surface area contributed by atoms with Crippen LogP contribution in [0.3, 0.4) is 0 Å². The van der Waals surface area contributed by atoms with Gasteiger partial charge in [-0.3, -0.25) is 4.90 Å². The summed E-state index contributed by atoms with van der Waals surface area (Å²) in [6.07, 6.45) is 5.25. The van der Waals surface area contributed by atoms with Gasteiger partial charge in [0.05, 0.1) is 12.7 Å². The fourth-order valence-electron chi connectivity index (χ4n) is 2.35. The molecule has 0 spiro atoms. The Labute approximate surface area is 139 Å². The van der Waals surface area contributed by atoms with Crippen molar-refractivity contribution in [2.24, 2.45) is 0 Å². The van der Waals surface area contributed by atoms with Gasteiger partial charge in [0.15, 0.2) is 0 Å². The van der Waals surface area contributed by atoms with E-state index in [1.165, 1.54) is 51.9 Å². The van der Waals surface area contributed by atoms with E-state index < -0.39 is 0 Å². The van der Waals surface area contributed by atoms with Crippen molar-refractivity contribution in [1.82, 2.24) is 9.80 Å². The molecule has 4 heteroatoms. The first kappa shape index (κ1) is 21.8. The molecule has 1 rings (SSSR count). The van der Waals surface area contributed by atoms with Crippen LogP contribution >= 0.6 is 0 Å². The maximum atomic E-state index is 5.72. The molecule has 1 saturated heterocycles. The molecule has 22 heavy (non-hydrogen) atoms. The third-order valence-corrected chi connectivity index (χ3v) is 3.78. The van der Waals surface area contributed by atoms with Gasteiger partial charge in [0.1, 0.15) is 0 Å². The molecule has 0 aromatic carbocycles. The van der Waals surface area contributed by atoms with E-state index in [9.17, 15) is 0 Å². The second-order valence-electron chi connectivity index (χ2n) is 6.09. The first-order chi connectivity index (χ1) is 10.7. The minimum absolute atomic E-state index is 0.368. The molecule has 1 aliphatic rings. The molecule has 0 aliphatic carbocycles. The second-order valence-corrected chi connectivity index (χ2v) is 6.09. The van der Waals surface area contributed by atoms with E-state index in [1.54, 1.807) is 0 Å². The van der Waals surface area contributed by atoms with E-state index in [1.807, 2.05) is 13.8 Å². The highest BCUT2D eigenvalue weighted by atomic mass is 16.5. The molecule has 0 atom stereocenters. The molecule has 0 aromatic rings. The SMILES string of the molecule is CC.CC(C)OCCCCCCOCCN1CCN(C)CC1. The zero-order chi connectivity index (χ0) is 16.6. The van der Waals surface area contributed by atoms with Crippen molar-refractivity contribution in [1.29, 1.82) is 0 Å². The van der Waals surface area contributed by atoms with Crippen molar-refractivity contribution in [3.8, 4) is 0 Å². The summed E-state index contributed by atoms with van der Waals surface area (Å²) >= 11 is 0. The maximum absolute atomic E-state index is 5.72. The highest BCUT2D eigenvalue weighted by molar-refractivity contribution is 4.68.